The Morgan fingerprint density at radius 2 is 0.708 bits per heavy atom. The van der Waals surface area contributed by atoms with Gasteiger partial charge < -0.3 is 10.2 Å². The Bertz CT molecular complexity index is 1190. The summed E-state index contributed by atoms with van der Waals surface area (Å²) in [6, 6.07) is 0. The largest absolute Gasteiger partial charge is 0.479 e. The van der Waals surface area contributed by atoms with E-state index in [0.29, 0.717) is 0 Å². The normalized spacial score (nSPS) is 16.6. The predicted molar refractivity (Wildman–Crippen MR) is 101 cm³/mol. The van der Waals surface area contributed by atoms with E-state index in [1.54, 1.807) is 0 Å². The number of hydrogen-bond donors (Lipinski definition) is 2. The number of carbonyl (C=O) groups excluding carboxylic acids is 1. The highest BCUT2D eigenvalue weighted by atomic mass is 32.2. The van der Waals surface area contributed by atoms with Crippen LogP contribution in [0.4, 0.5) is 110 Å². The van der Waals surface area contributed by atoms with Crippen LogP contribution < -0.4 is 0 Å². The molecule has 30 heteroatoms. The van der Waals surface area contributed by atoms with Crippen LogP contribution in [0.25, 0.3) is 0 Å². The van der Waals surface area contributed by atoms with Crippen molar-refractivity contribution < 1.29 is 130 Å². The molecule has 0 aliphatic carbocycles. The van der Waals surface area contributed by atoms with E-state index in [0.717, 1.165) is 0 Å². The number of carboxylic acid groups (broad SMARTS) is 1. The number of thioether (sulfide) groups is 1. The molecule has 0 aliphatic heterocycles. The van der Waals surface area contributed by atoms with Gasteiger partial charge in [-0.25, -0.2) is 4.79 Å². The monoisotopic (exact) mass is 796 g/mol. The van der Waals surface area contributed by atoms with E-state index in [9.17, 15) is 119 Å². The predicted octanol–water partition coefficient (Wildman–Crippen LogP) is 8.02. The average molecular weight is 796 g/mol. The molecule has 0 amide bonds. The van der Waals surface area contributed by atoms with E-state index in [4.69, 9.17) is 10.2 Å². The highest BCUT2D eigenvalue weighted by Gasteiger charge is 2.99. The van der Waals surface area contributed by atoms with Gasteiger partial charge in [-0.05, 0) is 0 Å². The minimum Gasteiger partial charge on any atom is -0.479 e. The van der Waals surface area contributed by atoms with E-state index in [-0.39, 0.29) is 0 Å². The minimum absolute atomic E-state index is 0.585. The van der Waals surface area contributed by atoms with Gasteiger partial charge in [-0.3, -0.25) is 4.79 Å². The Kier molecular flexibility index (Phi) is 11.9. The molecule has 0 radical (unpaired) electrons. The maximum absolute atomic E-state index is 13.9. The van der Waals surface area contributed by atoms with Crippen LogP contribution in [0.15, 0.2) is 0 Å². The summed E-state index contributed by atoms with van der Waals surface area (Å²) in [6.45, 7) is 0. The van der Waals surface area contributed by atoms with Gasteiger partial charge in [0.25, 0.3) is 0 Å². The van der Waals surface area contributed by atoms with Crippen LogP contribution in [0, 0.1) is 0 Å². The van der Waals surface area contributed by atoms with Gasteiger partial charge in [0, 0.05) is 18.6 Å². The quantitative estimate of drug-likeness (QED) is 0.155. The number of carboxylic acids is 1. The third-order valence-corrected chi connectivity index (χ3v) is 6.70. The van der Waals surface area contributed by atoms with E-state index >= 15 is 0 Å². The minimum atomic E-state index is -9.68. The molecule has 0 saturated heterocycles. The Labute approximate surface area is 249 Å². The average Bonchev–Trinajstić information content (AvgIpc) is 2.88. The summed E-state index contributed by atoms with van der Waals surface area (Å²) in [7, 11) is 0. The lowest BCUT2D eigenvalue weighted by Gasteiger charge is -2.45. The van der Waals surface area contributed by atoms with Gasteiger partial charge in [-0.2, -0.15) is 110 Å². The Hall–Kier alpha value is -2.30. The third kappa shape index (κ3) is 6.39. The fraction of sp³-hybridized carbons (Fsp3) is 0.889. The number of halogens is 25. The number of hydrogen-bond acceptors (Lipinski definition) is 4. The summed E-state index contributed by atoms with van der Waals surface area (Å²) in [5.74, 6) is -103. The number of aliphatic hydroxyl groups excluding tert-OH is 1. The van der Waals surface area contributed by atoms with Crippen LogP contribution in [0.3, 0.4) is 0 Å². The summed E-state index contributed by atoms with van der Waals surface area (Å²) in [5, 5.41) is 15.1. The zero-order chi connectivity index (χ0) is 39.6. The molecule has 286 valence electrons. The number of aliphatic hydroxyl groups is 1. The standard InChI is InChI=1S/C18H9F25O4S/c19-7(20,2-1-5(45)48-3-4(44)6(46)47)8(21,22)9(23,24)10(25,26)11(27,28)12(29,30)13(31,32)14(33,34)15(35,36)16(37,38)17(39,40)18(41,42)43/h4,44H,1-3H2,(H,46,47). The lowest BCUT2D eigenvalue weighted by molar-refractivity contribution is -0.482. The van der Waals surface area contributed by atoms with E-state index in [2.05, 4.69) is 0 Å². The molecule has 2 N–H and O–H groups in total. The molecule has 0 fully saturated rings. The van der Waals surface area contributed by atoms with E-state index < -0.39 is 119 Å². The topological polar surface area (TPSA) is 74.6 Å². The van der Waals surface area contributed by atoms with Crippen LogP contribution in [0.2, 0.25) is 0 Å². The summed E-state index contributed by atoms with van der Waals surface area (Å²) < 4.78 is 335. The van der Waals surface area contributed by atoms with Crippen molar-refractivity contribution in [3.8, 4) is 0 Å². The highest BCUT2D eigenvalue weighted by molar-refractivity contribution is 8.13. The second-order valence-electron chi connectivity index (χ2n) is 8.98. The van der Waals surface area contributed by atoms with Gasteiger partial charge in [0.15, 0.2) is 11.2 Å². The molecule has 1 atom stereocenters. The van der Waals surface area contributed by atoms with Gasteiger partial charge in [0.1, 0.15) is 0 Å². The SMILES string of the molecule is O=C(CCC(F)(F)C(F)(F)C(F)(F)C(F)(F)C(F)(F)C(F)(F)C(F)(F)C(F)(F)C(F)(F)C(F)(F)C(F)(F)C(F)(F)F)SCC(O)C(=O)O. The second-order valence-corrected chi connectivity index (χ2v) is 10.1. The van der Waals surface area contributed by atoms with Crippen molar-refractivity contribution in [2.75, 3.05) is 5.75 Å². The molecule has 0 aromatic heterocycles. The Morgan fingerprint density at radius 1 is 0.458 bits per heavy atom. The number of rotatable bonds is 16. The van der Waals surface area contributed by atoms with Gasteiger partial charge >= 0.3 is 77.3 Å². The summed E-state index contributed by atoms with van der Waals surface area (Å²) in [6.07, 6.45) is -16.3. The Balaban J connectivity index is 6.93. The van der Waals surface area contributed by atoms with Gasteiger partial charge in [-0.1, -0.05) is 11.8 Å². The smallest absolute Gasteiger partial charge is 0.460 e. The molecule has 1 unspecified atom stereocenters. The zero-order valence-electron chi connectivity index (χ0n) is 21.3. The summed E-state index contributed by atoms with van der Waals surface area (Å²) in [5.41, 5.74) is 0. The van der Waals surface area contributed by atoms with E-state index in [1.807, 2.05) is 0 Å². The summed E-state index contributed by atoms with van der Waals surface area (Å²) in [4.78, 5) is 21.6. The molecular weight excluding hydrogens is 787 g/mol. The molecule has 0 spiro atoms. The zero-order valence-corrected chi connectivity index (χ0v) is 22.1. The fourth-order valence-electron chi connectivity index (χ4n) is 2.72. The third-order valence-electron chi connectivity index (χ3n) is 5.69. The fourth-order valence-corrected chi connectivity index (χ4v) is 3.45. The number of alkyl halides is 25. The highest BCUT2D eigenvalue weighted by Crippen LogP contribution is 2.67. The van der Waals surface area contributed by atoms with E-state index in [1.165, 1.54) is 0 Å². The first-order chi connectivity index (χ1) is 20.5. The Morgan fingerprint density at radius 3 is 0.958 bits per heavy atom. The summed E-state index contributed by atoms with van der Waals surface area (Å²) >= 11 is -0.585. The molecule has 0 heterocycles. The first kappa shape index (κ1) is 45.7. The van der Waals surface area contributed by atoms with Crippen LogP contribution in [0.5, 0.6) is 0 Å². The first-order valence-corrected chi connectivity index (χ1v) is 11.7. The van der Waals surface area contributed by atoms with Crippen molar-refractivity contribution in [2.24, 2.45) is 0 Å². The first-order valence-electron chi connectivity index (χ1n) is 10.8. The van der Waals surface area contributed by atoms with Gasteiger partial charge in [0.05, 0.1) is 0 Å². The van der Waals surface area contributed by atoms with Crippen molar-refractivity contribution in [3.63, 3.8) is 0 Å². The van der Waals surface area contributed by atoms with Crippen molar-refractivity contribution in [3.05, 3.63) is 0 Å². The maximum atomic E-state index is 13.9. The lowest BCUT2D eigenvalue weighted by Crippen LogP contribution is -2.78. The van der Waals surface area contributed by atoms with Crippen LogP contribution >= 0.6 is 11.8 Å². The molecule has 0 aromatic carbocycles. The van der Waals surface area contributed by atoms with Gasteiger partial charge in [-0.15, -0.1) is 0 Å². The van der Waals surface area contributed by atoms with Crippen LogP contribution in [-0.4, -0.2) is 104 Å². The molecular formula is C18H9F25O4S. The molecule has 0 rings (SSSR count). The lowest BCUT2D eigenvalue weighted by atomic mass is 9.84. The molecule has 48 heavy (non-hydrogen) atoms. The van der Waals surface area contributed by atoms with Crippen LogP contribution in [0.1, 0.15) is 12.8 Å². The van der Waals surface area contributed by atoms with Crippen molar-refractivity contribution in [1.82, 2.24) is 0 Å². The number of aliphatic carboxylic acids is 1. The molecule has 0 aromatic rings. The van der Waals surface area contributed by atoms with Crippen LogP contribution in [-0.2, 0) is 9.59 Å². The molecule has 0 aliphatic rings. The second kappa shape index (κ2) is 12.5. The number of carbonyl (C=O) groups is 2. The molecule has 0 saturated carbocycles. The van der Waals surface area contributed by atoms with Crippen molar-refractivity contribution >= 4 is 22.8 Å². The van der Waals surface area contributed by atoms with Crippen molar-refractivity contribution in [2.45, 2.75) is 90.3 Å². The molecule has 4 nitrogen and oxygen atoms in total. The van der Waals surface area contributed by atoms with Crippen molar-refractivity contribution in [1.29, 1.82) is 0 Å². The maximum Gasteiger partial charge on any atom is 0.460 e. The van der Waals surface area contributed by atoms with Gasteiger partial charge in [0.2, 0.25) is 0 Å². The molecule has 0 bridgehead atoms.